The minimum atomic E-state index is -0.546. The van der Waals surface area contributed by atoms with Crippen LogP contribution in [-0.4, -0.2) is 24.5 Å². The van der Waals surface area contributed by atoms with Crippen LogP contribution < -0.4 is 14.8 Å². The van der Waals surface area contributed by atoms with E-state index in [0.717, 1.165) is 21.9 Å². The van der Waals surface area contributed by atoms with E-state index in [1.165, 1.54) is 25.3 Å². The number of non-ortho nitro benzene ring substituents is 1. The molecule has 29 heavy (non-hydrogen) atoms. The highest BCUT2D eigenvalue weighted by Gasteiger charge is 2.14. The monoisotopic (exact) mass is 392 g/mol. The molecule has 0 bridgehead atoms. The van der Waals surface area contributed by atoms with Crippen LogP contribution in [0.1, 0.15) is 0 Å². The maximum Gasteiger partial charge on any atom is 0.271 e. The van der Waals surface area contributed by atoms with E-state index in [-0.39, 0.29) is 18.0 Å². The quantitative estimate of drug-likeness (QED) is 0.382. The summed E-state index contributed by atoms with van der Waals surface area (Å²) in [6.07, 6.45) is 0. The molecule has 0 atom stereocenters. The van der Waals surface area contributed by atoms with E-state index in [9.17, 15) is 14.9 Å². The fourth-order valence-electron chi connectivity index (χ4n) is 3.04. The van der Waals surface area contributed by atoms with Crippen molar-refractivity contribution in [2.24, 2.45) is 0 Å². The number of benzene rings is 3. The molecule has 0 spiro atoms. The van der Waals surface area contributed by atoms with Gasteiger partial charge in [-0.25, -0.2) is 0 Å². The smallest absolute Gasteiger partial charge is 0.271 e. The van der Waals surface area contributed by atoms with Crippen LogP contribution in [-0.2, 0) is 4.79 Å². The summed E-state index contributed by atoms with van der Waals surface area (Å²) in [6.45, 7) is -0.271. The summed E-state index contributed by atoms with van der Waals surface area (Å²) in [7, 11) is 1.41. The molecule has 0 aliphatic rings. The van der Waals surface area contributed by atoms with Crippen molar-refractivity contribution in [3.05, 3.63) is 70.8 Å². The molecule has 0 aliphatic carbocycles. The first-order valence-corrected chi connectivity index (χ1v) is 8.71. The van der Waals surface area contributed by atoms with E-state index in [1.807, 2.05) is 30.3 Å². The molecule has 3 aromatic carbocycles. The largest absolute Gasteiger partial charge is 0.495 e. The molecule has 1 heterocycles. The Balaban J connectivity index is 1.49. The molecule has 1 amide bonds. The minimum absolute atomic E-state index is 0.153. The van der Waals surface area contributed by atoms with Gasteiger partial charge < -0.3 is 19.2 Å². The molecule has 0 unspecified atom stereocenters. The van der Waals surface area contributed by atoms with Gasteiger partial charge in [-0.05, 0) is 30.3 Å². The first-order chi connectivity index (χ1) is 14.0. The van der Waals surface area contributed by atoms with Gasteiger partial charge >= 0.3 is 0 Å². The number of carbonyl (C=O) groups is 1. The molecule has 4 rings (SSSR count). The van der Waals surface area contributed by atoms with E-state index in [0.29, 0.717) is 11.5 Å². The highest BCUT2D eigenvalue weighted by molar-refractivity contribution is 6.05. The van der Waals surface area contributed by atoms with Crippen LogP contribution in [0.2, 0.25) is 0 Å². The van der Waals surface area contributed by atoms with Gasteiger partial charge in [0, 0.05) is 22.9 Å². The Morgan fingerprint density at radius 1 is 1.07 bits per heavy atom. The lowest BCUT2D eigenvalue weighted by molar-refractivity contribution is -0.384. The zero-order valence-corrected chi connectivity index (χ0v) is 15.4. The Kier molecular flexibility index (Phi) is 4.74. The fraction of sp³-hybridized carbons (Fsp3) is 0.0952. The lowest BCUT2D eigenvalue weighted by Gasteiger charge is -2.11. The van der Waals surface area contributed by atoms with Gasteiger partial charge in [-0.2, -0.15) is 0 Å². The molecule has 8 nitrogen and oxygen atoms in total. The van der Waals surface area contributed by atoms with Crippen LogP contribution in [0.3, 0.4) is 0 Å². The molecule has 146 valence electrons. The third kappa shape index (κ3) is 3.68. The lowest BCUT2D eigenvalue weighted by atomic mass is 10.1. The van der Waals surface area contributed by atoms with Crippen molar-refractivity contribution in [2.45, 2.75) is 0 Å². The standard InChI is InChI=1S/C21H16N2O6/c1-27-20-8-6-13(23(25)26)10-17(20)22-21(24)12-28-14-7-9-19-16(11-14)15-4-2-3-5-18(15)29-19/h2-11H,12H2,1H3,(H,22,24). The molecule has 1 aromatic heterocycles. The summed E-state index contributed by atoms with van der Waals surface area (Å²) in [4.78, 5) is 22.7. The number of amides is 1. The predicted molar refractivity (Wildman–Crippen MR) is 107 cm³/mol. The van der Waals surface area contributed by atoms with Gasteiger partial charge in [0.2, 0.25) is 0 Å². The van der Waals surface area contributed by atoms with Crippen LogP contribution in [0.5, 0.6) is 11.5 Å². The number of para-hydroxylation sites is 1. The van der Waals surface area contributed by atoms with Crippen molar-refractivity contribution in [1.82, 2.24) is 0 Å². The van der Waals surface area contributed by atoms with Crippen molar-refractivity contribution < 1.29 is 23.6 Å². The van der Waals surface area contributed by atoms with Gasteiger partial charge in [0.25, 0.3) is 11.6 Å². The first kappa shape index (κ1) is 18.3. The lowest BCUT2D eigenvalue weighted by Crippen LogP contribution is -2.20. The molecule has 1 N–H and O–H groups in total. The number of carbonyl (C=O) groups excluding carboxylic acids is 1. The average Bonchev–Trinajstić information content (AvgIpc) is 3.10. The molecule has 0 saturated carbocycles. The highest BCUT2D eigenvalue weighted by atomic mass is 16.6. The number of methoxy groups -OCH3 is 1. The van der Waals surface area contributed by atoms with E-state index in [4.69, 9.17) is 13.9 Å². The Hall–Kier alpha value is -4.07. The highest BCUT2D eigenvalue weighted by Crippen LogP contribution is 2.31. The number of furan rings is 1. The molecule has 0 saturated heterocycles. The van der Waals surface area contributed by atoms with Gasteiger partial charge in [-0.3, -0.25) is 14.9 Å². The maximum atomic E-state index is 12.3. The second-order valence-electron chi connectivity index (χ2n) is 6.23. The van der Waals surface area contributed by atoms with E-state index < -0.39 is 10.8 Å². The number of nitro groups is 1. The number of hydrogen-bond acceptors (Lipinski definition) is 6. The van der Waals surface area contributed by atoms with Crippen LogP contribution >= 0.6 is 0 Å². The SMILES string of the molecule is COc1ccc([N+](=O)[O-])cc1NC(=O)COc1ccc2oc3ccccc3c2c1. The average molecular weight is 392 g/mol. The first-order valence-electron chi connectivity index (χ1n) is 8.71. The second-order valence-corrected chi connectivity index (χ2v) is 6.23. The number of rotatable bonds is 6. The van der Waals surface area contributed by atoms with E-state index in [1.54, 1.807) is 12.1 Å². The van der Waals surface area contributed by atoms with Gasteiger partial charge in [0.15, 0.2) is 6.61 Å². The third-order valence-electron chi connectivity index (χ3n) is 4.39. The zero-order valence-electron chi connectivity index (χ0n) is 15.4. The zero-order chi connectivity index (χ0) is 20.4. The molecular formula is C21H16N2O6. The molecule has 0 fully saturated rings. The number of nitrogens with one attached hydrogen (secondary N) is 1. The van der Waals surface area contributed by atoms with Gasteiger partial charge in [-0.1, -0.05) is 18.2 Å². The normalized spacial score (nSPS) is 10.8. The summed E-state index contributed by atoms with van der Waals surface area (Å²) in [6, 6.07) is 16.9. The van der Waals surface area contributed by atoms with Crippen LogP contribution in [0.25, 0.3) is 21.9 Å². The fourth-order valence-corrected chi connectivity index (χ4v) is 3.04. The summed E-state index contributed by atoms with van der Waals surface area (Å²) < 4.78 is 16.5. The number of hydrogen-bond donors (Lipinski definition) is 1. The van der Waals surface area contributed by atoms with Crippen molar-refractivity contribution in [2.75, 3.05) is 19.0 Å². The summed E-state index contributed by atoms with van der Waals surface area (Å²) in [5, 5.41) is 15.4. The topological polar surface area (TPSA) is 104 Å². The van der Waals surface area contributed by atoms with Gasteiger partial charge in [0.05, 0.1) is 17.7 Å². The Bertz CT molecular complexity index is 1230. The maximum absolute atomic E-state index is 12.3. The summed E-state index contributed by atoms with van der Waals surface area (Å²) >= 11 is 0. The number of nitro benzene ring substituents is 1. The van der Waals surface area contributed by atoms with E-state index in [2.05, 4.69) is 5.32 Å². The van der Waals surface area contributed by atoms with Crippen molar-refractivity contribution in [1.29, 1.82) is 0 Å². The van der Waals surface area contributed by atoms with Crippen LogP contribution in [0.15, 0.2) is 65.1 Å². The minimum Gasteiger partial charge on any atom is -0.495 e. The molecule has 8 heteroatoms. The molecule has 4 aromatic rings. The number of fused-ring (bicyclic) bond motifs is 3. The van der Waals surface area contributed by atoms with Crippen molar-refractivity contribution >= 4 is 39.2 Å². The van der Waals surface area contributed by atoms with Crippen LogP contribution in [0, 0.1) is 10.1 Å². The number of ether oxygens (including phenoxy) is 2. The van der Waals surface area contributed by atoms with E-state index >= 15 is 0 Å². The molecule has 0 radical (unpaired) electrons. The Morgan fingerprint density at radius 3 is 2.66 bits per heavy atom. The summed E-state index contributed by atoms with van der Waals surface area (Å²) in [5.74, 6) is 0.349. The second kappa shape index (κ2) is 7.51. The number of anilines is 1. The molecule has 0 aliphatic heterocycles. The van der Waals surface area contributed by atoms with Crippen LogP contribution in [0.4, 0.5) is 11.4 Å². The number of nitrogens with zero attached hydrogens (tertiary/aromatic N) is 1. The third-order valence-corrected chi connectivity index (χ3v) is 4.39. The van der Waals surface area contributed by atoms with Crippen molar-refractivity contribution in [3.8, 4) is 11.5 Å². The van der Waals surface area contributed by atoms with Gasteiger partial charge in [-0.15, -0.1) is 0 Å². The Labute approximate surface area is 164 Å². The van der Waals surface area contributed by atoms with Crippen molar-refractivity contribution in [3.63, 3.8) is 0 Å². The molecular weight excluding hydrogens is 376 g/mol. The summed E-state index contributed by atoms with van der Waals surface area (Å²) in [5.41, 5.74) is 1.55. The van der Waals surface area contributed by atoms with Gasteiger partial charge in [0.1, 0.15) is 22.7 Å². The Morgan fingerprint density at radius 2 is 1.86 bits per heavy atom. The predicted octanol–water partition coefficient (Wildman–Crippen LogP) is 4.52.